The zero-order valence-electron chi connectivity index (χ0n) is 12.0. The van der Waals surface area contributed by atoms with Gasteiger partial charge in [-0.3, -0.25) is 0 Å². The Morgan fingerprint density at radius 1 is 0.737 bits per heavy atom. The molecule has 0 aliphatic rings. The van der Waals surface area contributed by atoms with E-state index < -0.39 is 8.80 Å². The van der Waals surface area contributed by atoms with E-state index in [0.717, 1.165) is 0 Å². The fourth-order valence-electron chi connectivity index (χ4n) is 1.10. The largest absolute Gasteiger partial charge is 0.529 e. The minimum atomic E-state index is -2.86. The van der Waals surface area contributed by atoms with E-state index in [2.05, 4.69) is 6.58 Å². The molecule has 0 bridgehead atoms. The molecule has 0 amide bonds. The molecule has 0 atom stereocenters. The van der Waals surface area contributed by atoms with Gasteiger partial charge in [0.2, 0.25) is 0 Å². The number of hydrogen-bond acceptors (Lipinski definition) is 6. The molecule has 0 aliphatic carbocycles. The monoisotopic (exact) mass is 308 g/mol. The molecule has 0 saturated heterocycles. The minimum absolute atomic E-state index is 0. The molecule has 0 aromatic carbocycles. The molecular formula is C11H24O6Si2. The van der Waals surface area contributed by atoms with E-state index in [0.29, 0.717) is 39.6 Å². The Hall–Kier alpha value is -0.0662. The molecule has 0 spiro atoms. The molecule has 0 rings (SSSR count). The molecule has 0 aliphatic heterocycles. The van der Waals surface area contributed by atoms with Crippen LogP contribution in [0.3, 0.4) is 0 Å². The molecule has 6 nitrogen and oxygen atoms in total. The van der Waals surface area contributed by atoms with Crippen LogP contribution in [0.4, 0.5) is 0 Å². The minimum Gasteiger partial charge on any atom is -0.382 e. The van der Waals surface area contributed by atoms with Crippen LogP contribution in [0.5, 0.6) is 0 Å². The maximum Gasteiger partial charge on any atom is 0.529 e. The first-order valence-electron chi connectivity index (χ1n) is 5.77. The molecule has 4 radical (unpaired) electrons. The van der Waals surface area contributed by atoms with Crippen LogP contribution in [0.2, 0.25) is 0 Å². The maximum absolute atomic E-state index is 5.65. The van der Waals surface area contributed by atoms with Gasteiger partial charge in [0, 0.05) is 32.3 Å². The van der Waals surface area contributed by atoms with Crippen LogP contribution in [0.25, 0.3) is 0 Å². The Labute approximate surface area is 121 Å². The van der Waals surface area contributed by atoms with Crippen LogP contribution in [0.1, 0.15) is 0 Å². The third-order valence-electron chi connectivity index (χ3n) is 2.02. The summed E-state index contributed by atoms with van der Waals surface area (Å²) in [5.41, 5.74) is 1.61. The first kappa shape index (κ1) is 21.2. The first-order chi connectivity index (χ1) is 8.74. The fourth-order valence-corrected chi connectivity index (χ4v) is 2.81. The number of methoxy groups -OCH3 is 3. The van der Waals surface area contributed by atoms with Crippen molar-refractivity contribution in [3.63, 3.8) is 0 Å². The van der Waals surface area contributed by atoms with Gasteiger partial charge in [-0.25, -0.2) is 0 Å². The van der Waals surface area contributed by atoms with Crippen molar-refractivity contribution in [3.05, 3.63) is 12.3 Å². The summed E-state index contributed by atoms with van der Waals surface area (Å²) in [6.45, 7) is 6.35. The summed E-state index contributed by atoms with van der Waals surface area (Å²) in [4.78, 5) is 0. The molecule has 0 aromatic heterocycles. The third kappa shape index (κ3) is 10.4. The highest BCUT2D eigenvalue weighted by molar-refractivity contribution is 6.66. The predicted octanol–water partition coefficient (Wildman–Crippen LogP) is 0.259. The summed E-state index contributed by atoms with van der Waals surface area (Å²) in [6.07, 6.45) is 0. The Morgan fingerprint density at radius 2 is 1.05 bits per heavy atom. The van der Waals surface area contributed by atoms with Gasteiger partial charge in [0.1, 0.15) is 0 Å². The zero-order chi connectivity index (χ0) is 13.7. The second-order valence-corrected chi connectivity index (χ2v) is 5.81. The standard InChI is InChI=1S/C11H24O6Si.Si/c1-5-18(15-9-6-12-2,16-10-7-13-3)17-11-8-14-4;/h5H,1,6-11H2,2-4H3;. The van der Waals surface area contributed by atoms with Crippen molar-refractivity contribution >= 4 is 19.8 Å². The van der Waals surface area contributed by atoms with Gasteiger partial charge in [0.15, 0.2) is 0 Å². The van der Waals surface area contributed by atoms with E-state index in [1.807, 2.05) is 0 Å². The Balaban J connectivity index is 0. The molecule has 19 heavy (non-hydrogen) atoms. The van der Waals surface area contributed by atoms with Crippen LogP contribution >= 0.6 is 0 Å². The van der Waals surface area contributed by atoms with Gasteiger partial charge in [0.05, 0.1) is 39.6 Å². The average Bonchev–Trinajstić information content (AvgIpc) is 2.39. The van der Waals surface area contributed by atoms with E-state index in [-0.39, 0.29) is 11.0 Å². The molecule has 8 heteroatoms. The Morgan fingerprint density at radius 3 is 1.26 bits per heavy atom. The van der Waals surface area contributed by atoms with Crippen LogP contribution in [-0.4, -0.2) is 80.7 Å². The summed E-state index contributed by atoms with van der Waals surface area (Å²) >= 11 is 0. The molecule has 0 fully saturated rings. The van der Waals surface area contributed by atoms with E-state index in [1.54, 1.807) is 27.0 Å². The Bertz CT molecular complexity index is 179. The Kier molecular flexibility index (Phi) is 16.0. The second kappa shape index (κ2) is 14.3. The summed E-state index contributed by atoms with van der Waals surface area (Å²) < 4.78 is 31.8. The van der Waals surface area contributed by atoms with Gasteiger partial charge in [-0.15, -0.1) is 0 Å². The SMILES string of the molecule is C=C[Si](OCCOC)(OCCOC)OCCOC.[Si]. The molecule has 0 heterocycles. The lowest BCUT2D eigenvalue weighted by molar-refractivity contribution is 0.0232. The van der Waals surface area contributed by atoms with Crippen molar-refractivity contribution in [1.82, 2.24) is 0 Å². The topological polar surface area (TPSA) is 55.4 Å². The van der Waals surface area contributed by atoms with Crippen LogP contribution in [-0.2, 0) is 27.5 Å². The van der Waals surface area contributed by atoms with Gasteiger partial charge in [-0.1, -0.05) is 6.58 Å². The molecule has 112 valence electrons. The van der Waals surface area contributed by atoms with Crippen molar-refractivity contribution < 1.29 is 27.5 Å². The highest BCUT2D eigenvalue weighted by atomic mass is 28.4. The maximum atomic E-state index is 5.65. The van der Waals surface area contributed by atoms with E-state index in [9.17, 15) is 0 Å². The van der Waals surface area contributed by atoms with Gasteiger partial charge in [-0.2, -0.15) is 0 Å². The van der Waals surface area contributed by atoms with E-state index in [4.69, 9.17) is 27.5 Å². The highest BCUT2D eigenvalue weighted by Gasteiger charge is 2.37. The van der Waals surface area contributed by atoms with Crippen molar-refractivity contribution in [2.24, 2.45) is 0 Å². The van der Waals surface area contributed by atoms with Crippen molar-refractivity contribution in [3.8, 4) is 0 Å². The molecule has 0 unspecified atom stereocenters. The van der Waals surface area contributed by atoms with Crippen molar-refractivity contribution in [2.75, 3.05) is 61.0 Å². The summed E-state index contributed by atoms with van der Waals surface area (Å²) in [5, 5.41) is 0. The zero-order valence-corrected chi connectivity index (χ0v) is 14.0. The number of hydrogen-bond donors (Lipinski definition) is 0. The summed E-state index contributed by atoms with van der Waals surface area (Å²) in [6, 6.07) is 0. The van der Waals surface area contributed by atoms with Crippen LogP contribution in [0.15, 0.2) is 12.3 Å². The number of ether oxygens (including phenoxy) is 3. The number of rotatable bonds is 13. The fraction of sp³-hybridized carbons (Fsp3) is 0.818. The predicted molar refractivity (Wildman–Crippen MR) is 75.2 cm³/mol. The smallest absolute Gasteiger partial charge is 0.382 e. The lowest BCUT2D eigenvalue weighted by Gasteiger charge is -2.26. The van der Waals surface area contributed by atoms with Crippen LogP contribution in [0, 0.1) is 0 Å². The lowest BCUT2D eigenvalue weighted by Crippen LogP contribution is -2.46. The van der Waals surface area contributed by atoms with Gasteiger partial charge in [-0.05, 0) is 5.70 Å². The van der Waals surface area contributed by atoms with Crippen molar-refractivity contribution in [1.29, 1.82) is 0 Å². The van der Waals surface area contributed by atoms with Gasteiger partial charge in [0.25, 0.3) is 0 Å². The highest BCUT2D eigenvalue weighted by Crippen LogP contribution is 2.11. The summed E-state index contributed by atoms with van der Waals surface area (Å²) in [7, 11) is 1.97. The quantitative estimate of drug-likeness (QED) is 0.359. The molecule has 0 aromatic rings. The van der Waals surface area contributed by atoms with Gasteiger partial charge < -0.3 is 27.5 Å². The lowest BCUT2D eigenvalue weighted by atomic mass is 10.8. The second-order valence-electron chi connectivity index (χ2n) is 3.33. The molecule has 0 N–H and O–H groups in total. The van der Waals surface area contributed by atoms with Crippen LogP contribution < -0.4 is 0 Å². The van der Waals surface area contributed by atoms with Gasteiger partial charge >= 0.3 is 8.80 Å². The normalized spacial score (nSPS) is 11.1. The van der Waals surface area contributed by atoms with E-state index >= 15 is 0 Å². The third-order valence-corrected chi connectivity index (χ3v) is 4.34. The average molecular weight is 308 g/mol. The summed E-state index contributed by atoms with van der Waals surface area (Å²) in [5.74, 6) is 0. The van der Waals surface area contributed by atoms with Crippen molar-refractivity contribution in [2.45, 2.75) is 0 Å². The first-order valence-corrected chi connectivity index (χ1v) is 7.57. The van der Waals surface area contributed by atoms with E-state index in [1.165, 1.54) is 0 Å². The molecular weight excluding hydrogens is 284 g/mol. The molecule has 0 saturated carbocycles.